The van der Waals surface area contributed by atoms with Gasteiger partial charge in [-0.3, -0.25) is 0 Å². The van der Waals surface area contributed by atoms with Gasteiger partial charge in [0.2, 0.25) is 0 Å². The van der Waals surface area contributed by atoms with Gasteiger partial charge in [-0.15, -0.1) is 0 Å². The molecule has 2 aromatic carbocycles. The van der Waals surface area contributed by atoms with E-state index in [9.17, 15) is 0 Å². The van der Waals surface area contributed by atoms with Crippen LogP contribution in [0.1, 0.15) is 24.1 Å². The Morgan fingerprint density at radius 1 is 1.05 bits per heavy atom. The summed E-state index contributed by atoms with van der Waals surface area (Å²) in [5.41, 5.74) is 2.42. The molecule has 0 heterocycles. The highest BCUT2D eigenvalue weighted by Crippen LogP contribution is 2.29. The third-order valence-electron chi connectivity index (χ3n) is 3.14. The van der Waals surface area contributed by atoms with E-state index in [-0.39, 0.29) is 6.04 Å². The van der Waals surface area contributed by atoms with Gasteiger partial charge in [0.1, 0.15) is 0 Å². The lowest BCUT2D eigenvalue weighted by Gasteiger charge is -2.20. The monoisotopic (exact) mass is 415 g/mol. The predicted octanol–water partition coefficient (Wildman–Crippen LogP) is 5.76. The molecule has 0 saturated heterocycles. The van der Waals surface area contributed by atoms with E-state index in [1.165, 1.54) is 5.56 Å². The lowest BCUT2D eigenvalue weighted by molar-refractivity contribution is 0.550. The van der Waals surface area contributed by atoms with E-state index in [1.54, 1.807) is 0 Å². The number of benzene rings is 2. The maximum atomic E-state index is 6.35. The van der Waals surface area contributed by atoms with Crippen LogP contribution in [0.5, 0.6) is 0 Å². The second-order valence-electron chi connectivity index (χ2n) is 4.61. The van der Waals surface area contributed by atoms with E-state index in [4.69, 9.17) is 11.6 Å². The first-order valence-electron chi connectivity index (χ1n) is 6.53. The van der Waals surface area contributed by atoms with Crippen LogP contribution in [0.3, 0.4) is 0 Å². The summed E-state index contributed by atoms with van der Waals surface area (Å²) in [5, 5.41) is 4.32. The van der Waals surface area contributed by atoms with Gasteiger partial charge < -0.3 is 5.32 Å². The molecule has 2 aromatic rings. The normalized spacial score (nSPS) is 12.4. The van der Waals surface area contributed by atoms with Gasteiger partial charge in [0.05, 0.1) is 0 Å². The minimum absolute atomic E-state index is 0.214. The van der Waals surface area contributed by atoms with Crippen molar-refractivity contribution in [2.75, 3.05) is 6.54 Å². The molecule has 0 aliphatic carbocycles. The number of hydrogen-bond donors (Lipinski definition) is 1. The molecule has 1 atom stereocenters. The summed E-state index contributed by atoms with van der Waals surface area (Å²) in [6.45, 7) is 3.02. The summed E-state index contributed by atoms with van der Waals surface area (Å²) >= 11 is 13.3. The fraction of sp³-hybridized carbons (Fsp3) is 0.250. The Hall–Kier alpha value is -0.350. The molecule has 4 heteroatoms. The van der Waals surface area contributed by atoms with E-state index in [1.807, 2.05) is 12.1 Å². The maximum Gasteiger partial charge on any atom is 0.0454 e. The zero-order valence-electron chi connectivity index (χ0n) is 11.2. The number of likely N-dealkylation sites (N-methyl/N-ethyl adjacent to an activating group) is 1. The highest BCUT2D eigenvalue weighted by molar-refractivity contribution is 9.10. The van der Waals surface area contributed by atoms with Crippen LogP contribution in [0.2, 0.25) is 5.02 Å². The fourth-order valence-electron chi connectivity index (χ4n) is 2.18. The number of halogens is 3. The minimum Gasteiger partial charge on any atom is -0.310 e. The summed E-state index contributed by atoms with van der Waals surface area (Å²) in [6.07, 6.45) is 0.914. The molecule has 1 N–H and O–H groups in total. The Morgan fingerprint density at radius 3 is 2.35 bits per heavy atom. The van der Waals surface area contributed by atoms with Crippen LogP contribution < -0.4 is 5.32 Å². The average molecular weight is 418 g/mol. The molecular formula is C16H16Br2ClN. The van der Waals surface area contributed by atoms with Crippen LogP contribution in [0.4, 0.5) is 0 Å². The van der Waals surface area contributed by atoms with Crippen molar-refractivity contribution in [3.63, 3.8) is 0 Å². The topological polar surface area (TPSA) is 12.0 Å². The summed E-state index contributed by atoms with van der Waals surface area (Å²) in [6, 6.07) is 14.6. The zero-order valence-corrected chi connectivity index (χ0v) is 15.1. The molecule has 0 fully saturated rings. The number of nitrogens with one attached hydrogen (secondary N) is 1. The molecule has 0 radical (unpaired) electrons. The Morgan fingerprint density at radius 2 is 1.70 bits per heavy atom. The van der Waals surface area contributed by atoms with Crippen molar-refractivity contribution >= 4 is 43.5 Å². The predicted molar refractivity (Wildman–Crippen MR) is 93.4 cm³/mol. The maximum absolute atomic E-state index is 6.35. The van der Waals surface area contributed by atoms with E-state index in [0.29, 0.717) is 0 Å². The first-order valence-corrected chi connectivity index (χ1v) is 8.49. The number of rotatable bonds is 5. The molecule has 20 heavy (non-hydrogen) atoms. The molecule has 106 valence electrons. The summed E-state index contributed by atoms with van der Waals surface area (Å²) in [5.74, 6) is 0. The zero-order chi connectivity index (χ0) is 14.5. The highest BCUT2D eigenvalue weighted by Gasteiger charge is 2.15. The van der Waals surface area contributed by atoms with E-state index in [2.05, 4.69) is 74.4 Å². The van der Waals surface area contributed by atoms with Gasteiger partial charge in [0.15, 0.2) is 0 Å². The van der Waals surface area contributed by atoms with Gasteiger partial charge in [-0.1, -0.05) is 62.5 Å². The third-order valence-corrected chi connectivity index (χ3v) is 4.50. The Kier molecular flexibility index (Phi) is 6.09. The van der Waals surface area contributed by atoms with E-state index in [0.717, 1.165) is 32.5 Å². The van der Waals surface area contributed by atoms with Gasteiger partial charge >= 0.3 is 0 Å². The van der Waals surface area contributed by atoms with Crippen LogP contribution in [0.15, 0.2) is 51.4 Å². The molecule has 0 aromatic heterocycles. The van der Waals surface area contributed by atoms with Gasteiger partial charge in [-0.2, -0.15) is 0 Å². The van der Waals surface area contributed by atoms with Gasteiger partial charge in [0.25, 0.3) is 0 Å². The Bertz CT molecular complexity index is 569. The molecule has 0 bridgehead atoms. The van der Waals surface area contributed by atoms with Crippen molar-refractivity contribution in [1.82, 2.24) is 5.32 Å². The molecule has 0 aliphatic heterocycles. The molecule has 0 aliphatic rings. The fourth-order valence-corrected chi connectivity index (χ4v) is 3.07. The standard InChI is InChI=1S/C16H16Br2ClN/c1-2-20-16(9-11-3-5-12(17)6-4-11)14-10-13(18)7-8-15(14)19/h3-8,10,16,20H,2,9H2,1H3. The van der Waals surface area contributed by atoms with Crippen molar-refractivity contribution in [2.45, 2.75) is 19.4 Å². The van der Waals surface area contributed by atoms with Crippen molar-refractivity contribution in [2.24, 2.45) is 0 Å². The summed E-state index contributed by atoms with van der Waals surface area (Å²) in [4.78, 5) is 0. The van der Waals surface area contributed by atoms with Crippen LogP contribution in [0, 0.1) is 0 Å². The van der Waals surface area contributed by atoms with Crippen LogP contribution in [0.25, 0.3) is 0 Å². The molecular weight excluding hydrogens is 401 g/mol. The largest absolute Gasteiger partial charge is 0.310 e. The number of hydrogen-bond acceptors (Lipinski definition) is 1. The summed E-state index contributed by atoms with van der Waals surface area (Å²) in [7, 11) is 0. The van der Waals surface area contributed by atoms with Gasteiger partial charge in [-0.05, 0) is 54.4 Å². The van der Waals surface area contributed by atoms with Crippen molar-refractivity contribution < 1.29 is 0 Å². The van der Waals surface area contributed by atoms with Crippen LogP contribution in [-0.2, 0) is 6.42 Å². The van der Waals surface area contributed by atoms with Crippen molar-refractivity contribution in [3.8, 4) is 0 Å². The Labute approximate surface area is 142 Å². The van der Waals surface area contributed by atoms with Gasteiger partial charge in [0, 0.05) is 20.0 Å². The lowest BCUT2D eigenvalue weighted by atomic mass is 9.99. The molecule has 1 unspecified atom stereocenters. The third kappa shape index (κ3) is 4.32. The summed E-state index contributed by atoms with van der Waals surface area (Å²) < 4.78 is 2.15. The van der Waals surface area contributed by atoms with Crippen LogP contribution in [-0.4, -0.2) is 6.54 Å². The SMILES string of the molecule is CCNC(Cc1ccc(Br)cc1)c1cc(Br)ccc1Cl. The first-order chi connectivity index (χ1) is 9.60. The highest BCUT2D eigenvalue weighted by atomic mass is 79.9. The molecule has 2 rings (SSSR count). The smallest absolute Gasteiger partial charge is 0.0454 e. The molecule has 0 spiro atoms. The van der Waals surface area contributed by atoms with Crippen molar-refractivity contribution in [3.05, 3.63) is 67.6 Å². The lowest BCUT2D eigenvalue weighted by Crippen LogP contribution is -2.23. The Balaban J connectivity index is 2.26. The molecule has 0 saturated carbocycles. The van der Waals surface area contributed by atoms with Gasteiger partial charge in [-0.25, -0.2) is 0 Å². The van der Waals surface area contributed by atoms with Crippen molar-refractivity contribution in [1.29, 1.82) is 0 Å². The molecule has 1 nitrogen and oxygen atoms in total. The van der Waals surface area contributed by atoms with Crippen LogP contribution >= 0.6 is 43.5 Å². The minimum atomic E-state index is 0.214. The van der Waals surface area contributed by atoms with E-state index < -0.39 is 0 Å². The van der Waals surface area contributed by atoms with E-state index >= 15 is 0 Å². The second-order valence-corrected chi connectivity index (χ2v) is 6.85. The average Bonchev–Trinajstić information content (AvgIpc) is 2.43. The quantitative estimate of drug-likeness (QED) is 0.652. The first kappa shape index (κ1) is 16.0. The molecule has 0 amide bonds. The second kappa shape index (κ2) is 7.60.